The van der Waals surface area contributed by atoms with Crippen LogP contribution < -0.4 is 4.74 Å². The van der Waals surface area contributed by atoms with E-state index < -0.39 is 23.7 Å². The Bertz CT molecular complexity index is 685. The second-order valence-corrected chi connectivity index (χ2v) is 6.57. The molecule has 0 radical (unpaired) electrons. The van der Waals surface area contributed by atoms with Crippen molar-refractivity contribution in [2.75, 3.05) is 5.75 Å². The first-order chi connectivity index (χ1) is 11.0. The molecule has 0 spiro atoms. The molecular formula is C16H18N2O4S. The lowest BCUT2D eigenvalue weighted by atomic mass is 10.1. The lowest BCUT2D eigenvalue weighted by Crippen LogP contribution is -2.50. The Kier molecular flexibility index (Phi) is 4.82. The number of nitrogens with zero attached hydrogens (tertiary/aromatic N) is 2. The zero-order valence-electron chi connectivity index (χ0n) is 12.5. The van der Waals surface area contributed by atoms with Crippen LogP contribution in [0.3, 0.4) is 0 Å². The molecular weight excluding hydrogens is 316 g/mol. The van der Waals surface area contributed by atoms with Crippen LogP contribution in [0, 0.1) is 6.92 Å². The van der Waals surface area contributed by atoms with Crippen molar-refractivity contribution in [3.05, 3.63) is 42.4 Å². The Morgan fingerprint density at radius 3 is 2.78 bits per heavy atom. The summed E-state index contributed by atoms with van der Waals surface area (Å²) in [6, 6.07) is 7.51. The van der Waals surface area contributed by atoms with Gasteiger partial charge in [0.1, 0.15) is 18.0 Å². The SMILES string of the molecule is Cc1cccc(-c2cncc(O[C@@H]3SC[C@@H](O)[C@H](O)[C@H]3O)c2)n1. The highest BCUT2D eigenvalue weighted by Crippen LogP contribution is 2.30. The van der Waals surface area contributed by atoms with Gasteiger partial charge in [-0.25, -0.2) is 0 Å². The maximum absolute atomic E-state index is 10.0. The monoisotopic (exact) mass is 334 g/mol. The molecule has 3 heterocycles. The summed E-state index contributed by atoms with van der Waals surface area (Å²) in [5.41, 5.74) is 1.84. The summed E-state index contributed by atoms with van der Waals surface area (Å²) in [5.74, 6) is 0.779. The van der Waals surface area contributed by atoms with Gasteiger partial charge in [-0.1, -0.05) is 6.07 Å². The average molecular weight is 334 g/mol. The molecule has 0 unspecified atom stereocenters. The molecule has 1 fully saturated rings. The quantitative estimate of drug-likeness (QED) is 0.770. The number of aromatic nitrogens is 2. The summed E-state index contributed by atoms with van der Waals surface area (Å²) in [4.78, 5) is 8.59. The predicted octanol–water partition coefficient (Wildman–Crippen LogP) is 0.986. The number of hydrogen-bond donors (Lipinski definition) is 3. The van der Waals surface area contributed by atoms with Crippen molar-refractivity contribution in [3.63, 3.8) is 0 Å². The van der Waals surface area contributed by atoms with Crippen LogP contribution in [-0.2, 0) is 0 Å². The number of thioether (sulfide) groups is 1. The topological polar surface area (TPSA) is 95.7 Å². The first kappa shape index (κ1) is 16.2. The molecule has 0 aliphatic carbocycles. The van der Waals surface area contributed by atoms with E-state index in [4.69, 9.17) is 4.74 Å². The number of pyridine rings is 2. The smallest absolute Gasteiger partial charge is 0.173 e. The van der Waals surface area contributed by atoms with Crippen molar-refractivity contribution in [2.24, 2.45) is 0 Å². The Morgan fingerprint density at radius 2 is 2.00 bits per heavy atom. The molecule has 4 atom stereocenters. The molecule has 23 heavy (non-hydrogen) atoms. The fourth-order valence-electron chi connectivity index (χ4n) is 2.34. The van der Waals surface area contributed by atoms with Gasteiger partial charge >= 0.3 is 0 Å². The van der Waals surface area contributed by atoms with Gasteiger partial charge in [0.05, 0.1) is 18.0 Å². The number of aryl methyl sites for hydroxylation is 1. The van der Waals surface area contributed by atoms with E-state index >= 15 is 0 Å². The van der Waals surface area contributed by atoms with E-state index in [1.165, 1.54) is 11.8 Å². The normalized spacial score (nSPS) is 27.7. The Balaban J connectivity index is 1.78. The van der Waals surface area contributed by atoms with Gasteiger partial charge in [-0.3, -0.25) is 9.97 Å². The van der Waals surface area contributed by atoms with Gasteiger partial charge < -0.3 is 20.1 Å². The van der Waals surface area contributed by atoms with Gasteiger partial charge in [0.15, 0.2) is 5.44 Å². The van der Waals surface area contributed by atoms with Crippen LogP contribution in [0.5, 0.6) is 5.75 Å². The molecule has 3 rings (SSSR count). The van der Waals surface area contributed by atoms with Gasteiger partial charge in [0, 0.05) is 23.2 Å². The standard InChI is InChI=1S/C16H18N2O4S/c1-9-3-2-4-12(18-9)10-5-11(7-17-6-10)22-16-15(21)14(20)13(19)8-23-16/h2-7,13-16,19-21H,8H2,1H3/t13-,14+,15-,16-/m1/s1. The molecule has 2 aromatic heterocycles. The summed E-state index contributed by atoms with van der Waals surface area (Å²) in [5, 5.41) is 29.3. The summed E-state index contributed by atoms with van der Waals surface area (Å²) in [7, 11) is 0. The summed E-state index contributed by atoms with van der Waals surface area (Å²) < 4.78 is 5.73. The molecule has 1 aliphatic heterocycles. The molecule has 1 saturated heterocycles. The maximum Gasteiger partial charge on any atom is 0.173 e. The Morgan fingerprint density at radius 1 is 1.17 bits per heavy atom. The number of aliphatic hydroxyl groups is 3. The van der Waals surface area contributed by atoms with Gasteiger partial charge in [-0.05, 0) is 25.1 Å². The van der Waals surface area contributed by atoms with E-state index in [-0.39, 0.29) is 0 Å². The molecule has 7 heteroatoms. The molecule has 6 nitrogen and oxygen atoms in total. The third kappa shape index (κ3) is 3.64. The summed E-state index contributed by atoms with van der Waals surface area (Å²) in [6.45, 7) is 1.92. The lowest BCUT2D eigenvalue weighted by molar-refractivity contribution is -0.0786. The highest BCUT2D eigenvalue weighted by molar-refractivity contribution is 7.99. The zero-order valence-corrected chi connectivity index (χ0v) is 13.3. The van der Waals surface area contributed by atoms with E-state index in [0.717, 1.165) is 17.0 Å². The van der Waals surface area contributed by atoms with Crippen molar-refractivity contribution in [2.45, 2.75) is 30.7 Å². The predicted molar refractivity (Wildman–Crippen MR) is 87.1 cm³/mol. The molecule has 0 saturated carbocycles. The Hall–Kier alpha value is -1.67. The summed E-state index contributed by atoms with van der Waals surface area (Å²) >= 11 is 1.26. The minimum absolute atomic E-state index is 0.301. The number of aliphatic hydroxyl groups excluding tert-OH is 3. The molecule has 0 bridgehead atoms. The second-order valence-electron chi connectivity index (χ2n) is 5.44. The fourth-order valence-corrected chi connectivity index (χ4v) is 3.47. The molecule has 0 aromatic carbocycles. The minimum Gasteiger partial charge on any atom is -0.475 e. The molecule has 122 valence electrons. The highest BCUT2D eigenvalue weighted by atomic mass is 32.2. The largest absolute Gasteiger partial charge is 0.475 e. The molecule has 0 amide bonds. The number of rotatable bonds is 3. The van der Waals surface area contributed by atoms with Crippen molar-refractivity contribution in [3.8, 4) is 17.0 Å². The van der Waals surface area contributed by atoms with E-state index in [9.17, 15) is 15.3 Å². The molecule has 3 N–H and O–H groups in total. The minimum atomic E-state index is -1.21. The van der Waals surface area contributed by atoms with Crippen LogP contribution in [0.2, 0.25) is 0 Å². The maximum atomic E-state index is 10.0. The van der Waals surface area contributed by atoms with Crippen LogP contribution in [0.15, 0.2) is 36.7 Å². The van der Waals surface area contributed by atoms with Crippen molar-refractivity contribution >= 4 is 11.8 Å². The summed E-state index contributed by atoms with van der Waals surface area (Å²) in [6.07, 6.45) is -0.0853. The van der Waals surface area contributed by atoms with Crippen LogP contribution in [-0.4, -0.2) is 54.8 Å². The van der Waals surface area contributed by atoms with E-state index in [1.54, 1.807) is 18.5 Å². The number of ether oxygens (including phenoxy) is 1. The lowest BCUT2D eigenvalue weighted by Gasteiger charge is -2.34. The van der Waals surface area contributed by atoms with Crippen LogP contribution >= 0.6 is 11.8 Å². The van der Waals surface area contributed by atoms with Gasteiger partial charge in [-0.15, -0.1) is 11.8 Å². The van der Waals surface area contributed by atoms with Crippen molar-refractivity contribution < 1.29 is 20.1 Å². The van der Waals surface area contributed by atoms with E-state index in [0.29, 0.717) is 11.5 Å². The fraction of sp³-hybridized carbons (Fsp3) is 0.375. The number of hydrogen-bond acceptors (Lipinski definition) is 7. The van der Waals surface area contributed by atoms with Crippen LogP contribution in [0.4, 0.5) is 0 Å². The van der Waals surface area contributed by atoms with E-state index in [2.05, 4.69) is 9.97 Å². The van der Waals surface area contributed by atoms with Crippen LogP contribution in [0.25, 0.3) is 11.3 Å². The van der Waals surface area contributed by atoms with E-state index in [1.807, 2.05) is 25.1 Å². The highest BCUT2D eigenvalue weighted by Gasteiger charge is 2.38. The van der Waals surface area contributed by atoms with Gasteiger partial charge in [0.2, 0.25) is 0 Å². The van der Waals surface area contributed by atoms with Gasteiger partial charge in [-0.2, -0.15) is 0 Å². The van der Waals surface area contributed by atoms with Crippen LogP contribution in [0.1, 0.15) is 5.69 Å². The zero-order chi connectivity index (χ0) is 16.4. The first-order valence-corrected chi connectivity index (χ1v) is 8.31. The molecule has 2 aromatic rings. The van der Waals surface area contributed by atoms with Crippen molar-refractivity contribution in [1.29, 1.82) is 0 Å². The average Bonchev–Trinajstić information content (AvgIpc) is 2.56. The third-order valence-electron chi connectivity index (χ3n) is 3.60. The first-order valence-electron chi connectivity index (χ1n) is 7.26. The third-order valence-corrected chi connectivity index (χ3v) is 4.84. The van der Waals surface area contributed by atoms with Gasteiger partial charge in [0.25, 0.3) is 0 Å². The molecule has 1 aliphatic rings. The second kappa shape index (κ2) is 6.84. The Labute approximate surface area is 138 Å². The van der Waals surface area contributed by atoms with Crippen molar-refractivity contribution in [1.82, 2.24) is 9.97 Å².